The van der Waals surface area contributed by atoms with E-state index in [2.05, 4.69) is 76.5 Å². The Morgan fingerprint density at radius 3 is 2.07 bits per heavy atom. The van der Waals surface area contributed by atoms with Gasteiger partial charge in [0, 0.05) is 7.05 Å². The molecule has 0 saturated carbocycles. The van der Waals surface area contributed by atoms with Gasteiger partial charge >= 0.3 is 0 Å². The van der Waals surface area contributed by atoms with E-state index in [1.807, 2.05) is 12.1 Å². The molecular formula is C22H19N5. The molecule has 1 aliphatic rings. The number of benzene rings is 3. The second-order valence-electron chi connectivity index (χ2n) is 6.83. The van der Waals surface area contributed by atoms with E-state index in [-0.39, 0.29) is 12.0 Å². The predicted octanol–water partition coefficient (Wildman–Crippen LogP) is 4.00. The molecule has 0 spiro atoms. The molecule has 4 aromatic rings. The van der Waals surface area contributed by atoms with Crippen molar-refractivity contribution in [3.05, 3.63) is 77.9 Å². The number of fused-ring (bicyclic) bond motifs is 4. The van der Waals surface area contributed by atoms with Gasteiger partial charge in [-0.1, -0.05) is 54.6 Å². The van der Waals surface area contributed by atoms with Crippen molar-refractivity contribution in [3.63, 3.8) is 0 Å². The highest BCUT2D eigenvalue weighted by Crippen LogP contribution is 2.47. The summed E-state index contributed by atoms with van der Waals surface area (Å²) in [7, 11) is 2.09. The predicted molar refractivity (Wildman–Crippen MR) is 110 cm³/mol. The van der Waals surface area contributed by atoms with Crippen molar-refractivity contribution in [2.45, 2.75) is 6.04 Å². The molecule has 0 bridgehead atoms. The molecule has 5 nitrogen and oxygen atoms in total. The summed E-state index contributed by atoms with van der Waals surface area (Å²) in [4.78, 5) is 10.8. The minimum Gasteiger partial charge on any atom is -0.383 e. The van der Waals surface area contributed by atoms with Gasteiger partial charge in [-0.15, -0.1) is 0 Å². The van der Waals surface area contributed by atoms with E-state index >= 15 is 0 Å². The van der Waals surface area contributed by atoms with Crippen molar-refractivity contribution in [3.8, 4) is 11.1 Å². The normalized spacial score (nSPS) is 12.8. The van der Waals surface area contributed by atoms with E-state index in [4.69, 9.17) is 11.5 Å². The number of nitrogen functional groups attached to an aromatic ring is 2. The van der Waals surface area contributed by atoms with Crippen LogP contribution in [0.3, 0.4) is 0 Å². The molecule has 27 heavy (non-hydrogen) atoms. The van der Waals surface area contributed by atoms with E-state index in [9.17, 15) is 0 Å². The molecule has 0 saturated heterocycles. The number of hydrogen-bond donors (Lipinski definition) is 2. The monoisotopic (exact) mass is 353 g/mol. The summed E-state index contributed by atoms with van der Waals surface area (Å²) in [6, 6.07) is 23.2. The molecule has 3 aromatic carbocycles. The third kappa shape index (κ3) is 2.25. The maximum atomic E-state index is 6.23. The lowest BCUT2D eigenvalue weighted by Crippen LogP contribution is -2.24. The summed E-state index contributed by atoms with van der Waals surface area (Å²) >= 11 is 0. The zero-order valence-corrected chi connectivity index (χ0v) is 14.9. The molecule has 1 aromatic heterocycles. The van der Waals surface area contributed by atoms with Gasteiger partial charge in [-0.3, -0.25) is 0 Å². The summed E-state index contributed by atoms with van der Waals surface area (Å²) < 4.78 is 0. The molecule has 5 heteroatoms. The van der Waals surface area contributed by atoms with Crippen molar-refractivity contribution >= 4 is 28.4 Å². The Labute approximate surface area is 157 Å². The summed E-state index contributed by atoms with van der Waals surface area (Å²) in [5, 5.41) is 0.830. The maximum Gasteiger partial charge on any atom is 0.222 e. The van der Waals surface area contributed by atoms with Crippen LogP contribution >= 0.6 is 0 Å². The van der Waals surface area contributed by atoms with Crippen molar-refractivity contribution in [1.29, 1.82) is 0 Å². The van der Waals surface area contributed by atoms with Gasteiger partial charge in [0.15, 0.2) is 0 Å². The van der Waals surface area contributed by atoms with Crippen LogP contribution in [0.4, 0.5) is 17.5 Å². The number of anilines is 3. The van der Waals surface area contributed by atoms with Gasteiger partial charge in [0.1, 0.15) is 5.82 Å². The highest BCUT2D eigenvalue weighted by molar-refractivity contribution is 6.00. The Balaban J connectivity index is 1.74. The number of aromatic nitrogens is 2. The van der Waals surface area contributed by atoms with E-state index in [0.717, 1.165) is 16.6 Å². The van der Waals surface area contributed by atoms with Gasteiger partial charge in [0.05, 0.1) is 22.6 Å². The highest BCUT2D eigenvalue weighted by Gasteiger charge is 2.32. The first-order chi connectivity index (χ1) is 13.1. The Hall–Kier alpha value is -3.60. The lowest BCUT2D eigenvalue weighted by atomic mass is 10.0. The summed E-state index contributed by atoms with van der Waals surface area (Å²) in [5.74, 6) is 0.593. The fraction of sp³-hybridized carbons (Fsp3) is 0.0909. The molecule has 0 unspecified atom stereocenters. The smallest absolute Gasteiger partial charge is 0.222 e. The van der Waals surface area contributed by atoms with Crippen LogP contribution in [-0.4, -0.2) is 17.0 Å². The summed E-state index contributed by atoms with van der Waals surface area (Å²) in [6.45, 7) is 0. The lowest BCUT2D eigenvalue weighted by Gasteiger charge is -2.29. The zero-order chi connectivity index (χ0) is 18.5. The van der Waals surface area contributed by atoms with Crippen LogP contribution in [0.2, 0.25) is 0 Å². The van der Waals surface area contributed by atoms with Crippen LogP contribution in [0.15, 0.2) is 66.7 Å². The highest BCUT2D eigenvalue weighted by atomic mass is 15.1. The average molecular weight is 353 g/mol. The van der Waals surface area contributed by atoms with Crippen molar-refractivity contribution < 1.29 is 0 Å². The maximum absolute atomic E-state index is 6.23. The molecule has 132 valence electrons. The molecule has 0 amide bonds. The van der Waals surface area contributed by atoms with Gasteiger partial charge in [-0.2, -0.15) is 4.98 Å². The number of rotatable bonds is 2. The minimum atomic E-state index is 0.0972. The first kappa shape index (κ1) is 15.6. The van der Waals surface area contributed by atoms with Gasteiger partial charge in [-0.05, 0) is 34.4 Å². The molecule has 1 heterocycles. The van der Waals surface area contributed by atoms with Gasteiger partial charge in [-0.25, -0.2) is 4.98 Å². The molecular weight excluding hydrogens is 334 g/mol. The van der Waals surface area contributed by atoms with E-state index < -0.39 is 0 Å². The SMILES string of the molecule is CN(c1cccc2nc(N)nc(N)c12)C1c2ccccc2-c2ccccc21. The quantitative estimate of drug-likeness (QED) is 0.569. The van der Waals surface area contributed by atoms with Crippen LogP contribution in [-0.2, 0) is 0 Å². The molecule has 0 radical (unpaired) electrons. The van der Waals surface area contributed by atoms with E-state index in [1.165, 1.54) is 22.3 Å². The number of nitrogens with two attached hydrogens (primary N) is 2. The average Bonchev–Trinajstić information content (AvgIpc) is 3.01. The summed E-state index contributed by atoms with van der Waals surface area (Å²) in [5.41, 5.74) is 18.9. The van der Waals surface area contributed by atoms with Crippen LogP contribution < -0.4 is 16.4 Å². The van der Waals surface area contributed by atoms with Crippen LogP contribution in [0.25, 0.3) is 22.0 Å². The third-order valence-electron chi connectivity index (χ3n) is 5.31. The number of nitrogens with zero attached hydrogens (tertiary/aromatic N) is 3. The molecule has 5 rings (SSSR count). The molecule has 4 N–H and O–H groups in total. The van der Waals surface area contributed by atoms with Crippen LogP contribution in [0.1, 0.15) is 17.2 Å². The van der Waals surface area contributed by atoms with Crippen molar-refractivity contribution in [1.82, 2.24) is 9.97 Å². The Bertz CT molecular complexity index is 1140. The molecule has 0 fully saturated rings. The Morgan fingerprint density at radius 1 is 0.778 bits per heavy atom. The molecule has 0 aliphatic heterocycles. The van der Waals surface area contributed by atoms with Crippen molar-refractivity contribution in [2.24, 2.45) is 0 Å². The van der Waals surface area contributed by atoms with Crippen LogP contribution in [0.5, 0.6) is 0 Å². The summed E-state index contributed by atoms with van der Waals surface area (Å²) in [6.07, 6.45) is 0. The Kier molecular flexibility index (Phi) is 3.31. The fourth-order valence-electron chi connectivity index (χ4n) is 4.19. The fourth-order valence-corrected chi connectivity index (χ4v) is 4.19. The molecule has 0 atom stereocenters. The van der Waals surface area contributed by atoms with Crippen LogP contribution in [0, 0.1) is 0 Å². The first-order valence-electron chi connectivity index (χ1n) is 8.88. The second-order valence-corrected chi connectivity index (χ2v) is 6.83. The largest absolute Gasteiger partial charge is 0.383 e. The van der Waals surface area contributed by atoms with Gasteiger partial charge < -0.3 is 16.4 Å². The van der Waals surface area contributed by atoms with Gasteiger partial charge in [0.25, 0.3) is 0 Å². The second kappa shape index (κ2) is 5.71. The number of hydrogen-bond acceptors (Lipinski definition) is 5. The van der Waals surface area contributed by atoms with E-state index in [0.29, 0.717) is 5.82 Å². The lowest BCUT2D eigenvalue weighted by molar-refractivity contribution is 0.805. The first-order valence-corrected chi connectivity index (χ1v) is 8.88. The van der Waals surface area contributed by atoms with Gasteiger partial charge in [0.2, 0.25) is 5.95 Å². The van der Waals surface area contributed by atoms with Crippen molar-refractivity contribution in [2.75, 3.05) is 23.4 Å². The Morgan fingerprint density at radius 2 is 1.41 bits per heavy atom. The molecule has 1 aliphatic carbocycles. The van der Waals surface area contributed by atoms with E-state index in [1.54, 1.807) is 0 Å². The third-order valence-corrected chi connectivity index (χ3v) is 5.31. The minimum absolute atomic E-state index is 0.0972. The topological polar surface area (TPSA) is 81.1 Å². The standard InChI is InChI=1S/C22H19N5/c1-27(18-12-6-11-17-19(18)21(23)26-22(24)25-17)20-15-9-4-2-7-13(15)14-8-3-5-10-16(14)20/h2-12,20H,1H3,(H4,23,24,25,26). The zero-order valence-electron chi connectivity index (χ0n) is 14.9.